The van der Waals surface area contributed by atoms with E-state index in [0.29, 0.717) is 43.3 Å². The summed E-state index contributed by atoms with van der Waals surface area (Å²) in [6, 6.07) is 5.56. The van der Waals surface area contributed by atoms with Gasteiger partial charge in [0.25, 0.3) is 0 Å². The predicted octanol–water partition coefficient (Wildman–Crippen LogP) is 2.99. The molecule has 3 aromatic rings. The number of carbonyl (C=O) groups is 1. The Morgan fingerprint density at radius 2 is 2.23 bits per heavy atom. The minimum absolute atomic E-state index is 0.0717. The highest BCUT2D eigenvalue weighted by Crippen LogP contribution is 2.16. The third-order valence-corrected chi connectivity index (χ3v) is 4.01. The molecule has 0 radical (unpaired) electrons. The van der Waals surface area contributed by atoms with Crippen LogP contribution in [0.1, 0.15) is 43.5 Å². The van der Waals surface area contributed by atoms with Crippen LogP contribution in [0.2, 0.25) is 0 Å². The molecule has 3 heterocycles. The Labute approximate surface area is 151 Å². The zero-order valence-corrected chi connectivity index (χ0v) is 15.1. The fraction of sp³-hybridized carbons (Fsp3) is 0.444. The van der Waals surface area contributed by atoms with E-state index in [2.05, 4.69) is 27.3 Å². The third kappa shape index (κ3) is 4.59. The second kappa shape index (κ2) is 8.46. The smallest absolute Gasteiger partial charge is 0.238 e. The van der Waals surface area contributed by atoms with Crippen LogP contribution in [-0.2, 0) is 24.2 Å². The molecule has 0 saturated carbocycles. The molecule has 8 heteroatoms. The standard InChI is InChI=1S/C18H23N5O3/c1-3-6-13-11-14(21-20-13)12-23(2)17(24)9-4-8-16-19-18(22-26-16)15-7-5-10-25-15/h5,7,10-11H,3-4,6,8-9,12H2,1-2H3,(H,20,21). The predicted molar refractivity (Wildman–Crippen MR) is 94.0 cm³/mol. The molecule has 8 nitrogen and oxygen atoms in total. The zero-order chi connectivity index (χ0) is 18.4. The molecule has 0 aliphatic heterocycles. The highest BCUT2D eigenvalue weighted by molar-refractivity contribution is 5.75. The van der Waals surface area contributed by atoms with E-state index in [1.807, 2.05) is 6.07 Å². The summed E-state index contributed by atoms with van der Waals surface area (Å²) >= 11 is 0. The number of hydrogen-bond acceptors (Lipinski definition) is 6. The van der Waals surface area contributed by atoms with Gasteiger partial charge in [0.15, 0.2) is 5.76 Å². The molecule has 0 fully saturated rings. The first-order valence-electron chi connectivity index (χ1n) is 8.79. The highest BCUT2D eigenvalue weighted by atomic mass is 16.5. The van der Waals surface area contributed by atoms with Gasteiger partial charge in [-0.1, -0.05) is 18.5 Å². The molecule has 0 aromatic carbocycles. The summed E-state index contributed by atoms with van der Waals surface area (Å²) in [7, 11) is 1.80. The number of carbonyl (C=O) groups excluding carboxylic acids is 1. The van der Waals surface area contributed by atoms with Gasteiger partial charge in [0, 0.05) is 19.9 Å². The van der Waals surface area contributed by atoms with E-state index < -0.39 is 0 Å². The first-order chi connectivity index (χ1) is 12.7. The lowest BCUT2D eigenvalue weighted by molar-refractivity contribution is -0.130. The van der Waals surface area contributed by atoms with E-state index in [1.165, 1.54) is 0 Å². The minimum atomic E-state index is 0.0717. The fourth-order valence-corrected chi connectivity index (χ4v) is 2.66. The van der Waals surface area contributed by atoms with Crippen molar-refractivity contribution in [1.82, 2.24) is 25.2 Å². The second-order valence-corrected chi connectivity index (χ2v) is 6.23. The SMILES string of the molecule is CCCc1cc(CN(C)C(=O)CCCc2nc(-c3ccco3)no2)[nH]n1. The molecule has 3 rings (SSSR count). The van der Waals surface area contributed by atoms with Crippen molar-refractivity contribution in [2.24, 2.45) is 0 Å². The Bertz CT molecular complexity index is 822. The Morgan fingerprint density at radius 3 is 3.00 bits per heavy atom. The molecule has 0 aliphatic carbocycles. The Kier molecular flexibility index (Phi) is 5.83. The summed E-state index contributed by atoms with van der Waals surface area (Å²) in [4.78, 5) is 18.2. The number of amides is 1. The number of H-pyrrole nitrogens is 1. The summed E-state index contributed by atoms with van der Waals surface area (Å²) in [5, 5.41) is 11.1. The monoisotopic (exact) mass is 357 g/mol. The summed E-state index contributed by atoms with van der Waals surface area (Å²) in [6.07, 6.45) is 5.18. The maximum absolute atomic E-state index is 12.3. The number of aromatic amines is 1. The van der Waals surface area contributed by atoms with Gasteiger partial charge in [0.05, 0.1) is 24.2 Å². The fourth-order valence-electron chi connectivity index (χ4n) is 2.66. The molecule has 3 aromatic heterocycles. The normalized spacial score (nSPS) is 11.0. The van der Waals surface area contributed by atoms with Gasteiger partial charge in [-0.15, -0.1) is 0 Å². The van der Waals surface area contributed by atoms with Crippen LogP contribution in [0, 0.1) is 0 Å². The van der Waals surface area contributed by atoms with E-state index in [9.17, 15) is 4.79 Å². The van der Waals surface area contributed by atoms with E-state index in [0.717, 1.165) is 24.2 Å². The minimum Gasteiger partial charge on any atom is -0.461 e. The van der Waals surface area contributed by atoms with Crippen molar-refractivity contribution in [3.8, 4) is 11.6 Å². The van der Waals surface area contributed by atoms with Crippen molar-refractivity contribution in [3.05, 3.63) is 41.7 Å². The van der Waals surface area contributed by atoms with Crippen LogP contribution in [0.5, 0.6) is 0 Å². The summed E-state index contributed by atoms with van der Waals surface area (Å²) in [5.74, 6) is 1.57. The maximum Gasteiger partial charge on any atom is 0.238 e. The van der Waals surface area contributed by atoms with Gasteiger partial charge in [-0.25, -0.2) is 0 Å². The largest absolute Gasteiger partial charge is 0.461 e. The van der Waals surface area contributed by atoms with Crippen molar-refractivity contribution in [2.75, 3.05) is 7.05 Å². The van der Waals surface area contributed by atoms with Gasteiger partial charge >= 0.3 is 0 Å². The van der Waals surface area contributed by atoms with Gasteiger partial charge in [0.1, 0.15) is 0 Å². The maximum atomic E-state index is 12.3. The number of aromatic nitrogens is 4. The van der Waals surface area contributed by atoms with E-state index in [1.54, 1.807) is 30.3 Å². The molecule has 0 aliphatic rings. The van der Waals surface area contributed by atoms with Gasteiger partial charge in [-0.2, -0.15) is 10.1 Å². The van der Waals surface area contributed by atoms with Crippen molar-refractivity contribution < 1.29 is 13.7 Å². The highest BCUT2D eigenvalue weighted by Gasteiger charge is 2.14. The lowest BCUT2D eigenvalue weighted by atomic mass is 10.2. The number of hydrogen-bond donors (Lipinski definition) is 1. The van der Waals surface area contributed by atoms with Gasteiger partial charge in [-0.3, -0.25) is 9.89 Å². The van der Waals surface area contributed by atoms with Gasteiger partial charge in [0.2, 0.25) is 17.6 Å². The molecule has 1 N–H and O–H groups in total. The molecule has 0 bridgehead atoms. The number of rotatable bonds is 9. The Morgan fingerprint density at radius 1 is 1.35 bits per heavy atom. The molecule has 0 atom stereocenters. The number of furan rings is 1. The summed E-state index contributed by atoms with van der Waals surface area (Å²) < 4.78 is 10.4. The summed E-state index contributed by atoms with van der Waals surface area (Å²) in [5.41, 5.74) is 1.98. The average Bonchev–Trinajstić information content (AvgIpc) is 3.36. The van der Waals surface area contributed by atoms with Crippen molar-refractivity contribution in [1.29, 1.82) is 0 Å². The molecule has 26 heavy (non-hydrogen) atoms. The average molecular weight is 357 g/mol. The molecular weight excluding hydrogens is 334 g/mol. The molecule has 0 saturated heterocycles. The topological polar surface area (TPSA) is 101 Å². The van der Waals surface area contributed by atoms with E-state index >= 15 is 0 Å². The van der Waals surface area contributed by atoms with Crippen molar-refractivity contribution >= 4 is 5.91 Å². The summed E-state index contributed by atoms with van der Waals surface area (Å²) in [6.45, 7) is 2.64. The third-order valence-electron chi connectivity index (χ3n) is 4.01. The second-order valence-electron chi connectivity index (χ2n) is 6.23. The molecule has 0 spiro atoms. The quantitative estimate of drug-likeness (QED) is 0.632. The van der Waals surface area contributed by atoms with Crippen molar-refractivity contribution in [3.63, 3.8) is 0 Å². The van der Waals surface area contributed by atoms with Crippen LogP contribution in [0.3, 0.4) is 0 Å². The van der Waals surface area contributed by atoms with Crippen LogP contribution in [0.25, 0.3) is 11.6 Å². The van der Waals surface area contributed by atoms with Crippen LogP contribution >= 0.6 is 0 Å². The Hall–Kier alpha value is -2.90. The number of nitrogens with one attached hydrogen (secondary N) is 1. The molecular formula is C18H23N5O3. The first-order valence-corrected chi connectivity index (χ1v) is 8.79. The van der Waals surface area contributed by atoms with E-state index in [4.69, 9.17) is 8.94 Å². The van der Waals surface area contributed by atoms with Crippen LogP contribution in [-0.4, -0.2) is 38.2 Å². The van der Waals surface area contributed by atoms with Gasteiger partial charge < -0.3 is 13.8 Å². The van der Waals surface area contributed by atoms with E-state index in [-0.39, 0.29) is 5.91 Å². The van der Waals surface area contributed by atoms with Crippen LogP contribution in [0.4, 0.5) is 0 Å². The van der Waals surface area contributed by atoms with Crippen molar-refractivity contribution in [2.45, 2.75) is 45.6 Å². The Balaban J connectivity index is 1.43. The number of nitrogens with zero attached hydrogens (tertiary/aromatic N) is 4. The molecule has 138 valence electrons. The zero-order valence-electron chi connectivity index (χ0n) is 15.1. The first kappa shape index (κ1) is 17.9. The van der Waals surface area contributed by atoms with Crippen LogP contribution in [0.15, 0.2) is 33.4 Å². The molecule has 1 amide bonds. The number of aryl methyl sites for hydroxylation is 2. The molecule has 0 unspecified atom stereocenters. The van der Waals surface area contributed by atoms with Gasteiger partial charge in [-0.05, 0) is 31.0 Å². The lowest BCUT2D eigenvalue weighted by Gasteiger charge is -2.15. The van der Waals surface area contributed by atoms with Crippen LogP contribution < -0.4 is 0 Å². The lowest BCUT2D eigenvalue weighted by Crippen LogP contribution is -2.26.